The molecule has 0 N–H and O–H groups in total. The average Bonchev–Trinajstić information content (AvgIpc) is 2.49. The molecular formula is C17H24BrNO. The van der Waals surface area contributed by atoms with Crippen LogP contribution in [0.4, 0.5) is 0 Å². The van der Waals surface area contributed by atoms with Gasteiger partial charge in [0, 0.05) is 15.9 Å². The second-order valence-corrected chi connectivity index (χ2v) is 7.46. The van der Waals surface area contributed by atoms with Crippen LogP contribution in [-0.4, -0.2) is 15.9 Å². The molecule has 20 heavy (non-hydrogen) atoms. The number of pyridine rings is 1. The predicted octanol–water partition coefficient (Wildman–Crippen LogP) is 4.82. The lowest BCUT2D eigenvalue weighted by Gasteiger charge is -2.55. The fourth-order valence-corrected chi connectivity index (χ4v) is 4.91. The Bertz CT molecular complexity index is 482. The molecule has 0 radical (unpaired) electrons. The van der Waals surface area contributed by atoms with E-state index in [1.807, 2.05) is 6.92 Å². The molecule has 1 heterocycles. The second-order valence-electron chi connectivity index (χ2n) is 6.35. The van der Waals surface area contributed by atoms with Crippen LogP contribution in [0.25, 0.3) is 0 Å². The molecular weight excluding hydrogens is 314 g/mol. The zero-order valence-corrected chi connectivity index (χ0v) is 14.1. The topological polar surface area (TPSA) is 22.1 Å². The van der Waals surface area contributed by atoms with Gasteiger partial charge in [-0.15, -0.1) is 0 Å². The van der Waals surface area contributed by atoms with Crippen molar-refractivity contribution in [1.82, 2.24) is 4.98 Å². The van der Waals surface area contributed by atoms with Crippen LogP contribution >= 0.6 is 15.9 Å². The van der Waals surface area contributed by atoms with E-state index >= 15 is 0 Å². The van der Waals surface area contributed by atoms with Gasteiger partial charge in [0.25, 0.3) is 0 Å². The summed E-state index contributed by atoms with van der Waals surface area (Å²) in [7, 11) is 0. The zero-order chi connectivity index (χ0) is 14.2. The van der Waals surface area contributed by atoms with Crippen LogP contribution in [0.1, 0.15) is 56.8 Å². The van der Waals surface area contributed by atoms with Crippen molar-refractivity contribution in [3.8, 4) is 5.75 Å². The van der Waals surface area contributed by atoms with Gasteiger partial charge in [-0.3, -0.25) is 4.98 Å². The highest BCUT2D eigenvalue weighted by Gasteiger charge is 2.55. The van der Waals surface area contributed by atoms with Gasteiger partial charge in [0.15, 0.2) is 0 Å². The molecule has 0 aromatic carbocycles. The van der Waals surface area contributed by atoms with Crippen molar-refractivity contribution in [3.05, 3.63) is 23.5 Å². The van der Waals surface area contributed by atoms with Crippen molar-refractivity contribution in [2.75, 3.05) is 0 Å². The minimum absolute atomic E-state index is 0.377. The van der Waals surface area contributed by atoms with Gasteiger partial charge in [-0.05, 0) is 44.7 Å². The molecule has 3 heteroatoms. The first kappa shape index (κ1) is 14.4. The molecule has 0 bridgehead atoms. The van der Waals surface area contributed by atoms with Crippen molar-refractivity contribution in [2.45, 2.75) is 69.7 Å². The summed E-state index contributed by atoms with van der Waals surface area (Å²) in [6.07, 6.45) is 9.18. The van der Waals surface area contributed by atoms with Gasteiger partial charge in [0.2, 0.25) is 0 Å². The summed E-state index contributed by atoms with van der Waals surface area (Å²) >= 11 is 3.88. The third-order valence-electron chi connectivity index (χ3n) is 5.15. The highest BCUT2D eigenvalue weighted by atomic mass is 79.9. The monoisotopic (exact) mass is 337 g/mol. The summed E-state index contributed by atoms with van der Waals surface area (Å²) in [6, 6.07) is 4.17. The van der Waals surface area contributed by atoms with Crippen LogP contribution in [0.5, 0.6) is 5.75 Å². The van der Waals surface area contributed by atoms with Gasteiger partial charge in [-0.25, -0.2) is 0 Å². The Morgan fingerprint density at radius 2 is 2.05 bits per heavy atom. The Balaban J connectivity index is 1.78. The quantitative estimate of drug-likeness (QED) is 0.738. The molecule has 0 amide bonds. The minimum atomic E-state index is 0.377. The molecule has 1 spiro atoms. The van der Waals surface area contributed by atoms with E-state index in [9.17, 15) is 0 Å². The number of hydrogen-bond donors (Lipinski definition) is 0. The maximum atomic E-state index is 6.40. The van der Waals surface area contributed by atoms with Crippen LogP contribution in [0.2, 0.25) is 0 Å². The summed E-state index contributed by atoms with van der Waals surface area (Å²) in [5.41, 5.74) is 2.57. The van der Waals surface area contributed by atoms with Gasteiger partial charge < -0.3 is 4.74 Å². The third kappa shape index (κ3) is 2.38. The SMILES string of the molecule is CCc1nc(C)ccc1OC1CC(Br)C12CCCCC2. The maximum absolute atomic E-state index is 6.40. The van der Waals surface area contributed by atoms with E-state index in [1.165, 1.54) is 32.1 Å². The highest BCUT2D eigenvalue weighted by molar-refractivity contribution is 9.09. The Morgan fingerprint density at radius 1 is 1.30 bits per heavy atom. The van der Waals surface area contributed by atoms with Crippen molar-refractivity contribution in [2.24, 2.45) is 5.41 Å². The average molecular weight is 338 g/mol. The zero-order valence-electron chi connectivity index (χ0n) is 12.5. The molecule has 2 nitrogen and oxygen atoms in total. The molecule has 3 rings (SSSR count). The van der Waals surface area contributed by atoms with Gasteiger partial charge in [0.05, 0.1) is 5.69 Å². The predicted molar refractivity (Wildman–Crippen MR) is 85.6 cm³/mol. The Labute approximate surface area is 130 Å². The van der Waals surface area contributed by atoms with Gasteiger partial charge in [-0.1, -0.05) is 42.1 Å². The van der Waals surface area contributed by atoms with Crippen LogP contribution in [-0.2, 0) is 6.42 Å². The summed E-state index contributed by atoms with van der Waals surface area (Å²) in [6.45, 7) is 4.20. The molecule has 0 saturated heterocycles. The second kappa shape index (κ2) is 5.67. The first-order valence-electron chi connectivity index (χ1n) is 7.93. The van der Waals surface area contributed by atoms with E-state index in [4.69, 9.17) is 4.74 Å². The van der Waals surface area contributed by atoms with E-state index in [0.29, 0.717) is 16.3 Å². The van der Waals surface area contributed by atoms with E-state index in [1.54, 1.807) is 0 Å². The number of aromatic nitrogens is 1. The van der Waals surface area contributed by atoms with Gasteiger partial charge >= 0.3 is 0 Å². The number of rotatable bonds is 3. The molecule has 1 aromatic rings. The number of aryl methyl sites for hydroxylation is 2. The molecule has 1 aromatic heterocycles. The van der Waals surface area contributed by atoms with Crippen LogP contribution in [0.15, 0.2) is 12.1 Å². The number of alkyl halides is 1. The maximum Gasteiger partial charge on any atom is 0.141 e. The van der Waals surface area contributed by atoms with Crippen molar-refractivity contribution < 1.29 is 4.74 Å². The molecule has 0 aliphatic heterocycles. The summed E-state index contributed by atoms with van der Waals surface area (Å²) in [4.78, 5) is 5.26. The van der Waals surface area contributed by atoms with E-state index in [2.05, 4.69) is 40.0 Å². The molecule has 2 unspecified atom stereocenters. The fourth-order valence-electron chi connectivity index (χ4n) is 3.82. The molecule has 2 atom stereocenters. The number of hydrogen-bond acceptors (Lipinski definition) is 2. The first-order valence-corrected chi connectivity index (χ1v) is 8.84. The molecule has 2 aliphatic carbocycles. The van der Waals surface area contributed by atoms with Gasteiger partial charge in [0.1, 0.15) is 11.9 Å². The van der Waals surface area contributed by atoms with Crippen LogP contribution in [0, 0.1) is 12.3 Å². The minimum Gasteiger partial charge on any atom is -0.488 e. The number of nitrogens with zero attached hydrogens (tertiary/aromatic N) is 1. The lowest BCUT2D eigenvalue weighted by Crippen LogP contribution is -2.57. The summed E-state index contributed by atoms with van der Waals surface area (Å²) in [5, 5.41) is 0. The van der Waals surface area contributed by atoms with Crippen molar-refractivity contribution >= 4 is 15.9 Å². The molecule has 110 valence electrons. The lowest BCUT2D eigenvalue weighted by atomic mass is 9.58. The first-order chi connectivity index (χ1) is 9.65. The number of halogens is 1. The standard InChI is InChI=1S/C17H24BrNO/c1-3-13-14(8-7-12(2)19-13)20-16-11-15(18)17(16)9-5-4-6-10-17/h7-8,15-16H,3-6,9-11H2,1-2H3. The van der Waals surface area contributed by atoms with Crippen molar-refractivity contribution in [1.29, 1.82) is 0 Å². The molecule has 2 saturated carbocycles. The summed E-state index contributed by atoms with van der Waals surface area (Å²) < 4.78 is 6.40. The Morgan fingerprint density at radius 3 is 2.70 bits per heavy atom. The van der Waals surface area contributed by atoms with Crippen LogP contribution < -0.4 is 4.74 Å². The normalized spacial score (nSPS) is 28.1. The van der Waals surface area contributed by atoms with Crippen LogP contribution in [0.3, 0.4) is 0 Å². The highest BCUT2D eigenvalue weighted by Crippen LogP contribution is 2.56. The fraction of sp³-hybridized carbons (Fsp3) is 0.706. The van der Waals surface area contributed by atoms with E-state index < -0.39 is 0 Å². The van der Waals surface area contributed by atoms with Crippen molar-refractivity contribution in [3.63, 3.8) is 0 Å². The lowest BCUT2D eigenvalue weighted by molar-refractivity contribution is -0.0607. The Kier molecular flexibility index (Phi) is 4.07. The summed E-state index contributed by atoms with van der Waals surface area (Å²) in [5.74, 6) is 1.01. The van der Waals surface area contributed by atoms with E-state index in [-0.39, 0.29) is 0 Å². The third-order valence-corrected chi connectivity index (χ3v) is 6.43. The molecule has 2 aliphatic rings. The van der Waals surface area contributed by atoms with E-state index in [0.717, 1.165) is 30.0 Å². The van der Waals surface area contributed by atoms with Gasteiger partial charge in [-0.2, -0.15) is 0 Å². The molecule has 2 fully saturated rings. The smallest absolute Gasteiger partial charge is 0.141 e. The largest absolute Gasteiger partial charge is 0.488 e. The number of ether oxygens (including phenoxy) is 1. The Hall–Kier alpha value is -0.570.